The summed E-state index contributed by atoms with van der Waals surface area (Å²) in [6.45, 7) is 3.05. The Morgan fingerprint density at radius 3 is 2.60 bits per heavy atom. The predicted molar refractivity (Wildman–Crippen MR) is 70.5 cm³/mol. The first-order chi connectivity index (χ1) is 9.54. The van der Waals surface area contributed by atoms with E-state index in [4.69, 9.17) is 4.74 Å². The molecule has 0 aromatic heterocycles. The molecule has 20 heavy (non-hydrogen) atoms. The van der Waals surface area contributed by atoms with Crippen LogP contribution in [0.3, 0.4) is 0 Å². The van der Waals surface area contributed by atoms with Crippen molar-refractivity contribution in [1.82, 2.24) is 0 Å². The van der Waals surface area contributed by atoms with E-state index in [0.29, 0.717) is 0 Å². The standard InChI is InChI=1S/C14H14FNO4/c1-3-19-14(18)9-8-13(16-20-10(2)17)11-6-4-5-7-12(11)15/h4-9H,3H2,1-2H3/b9-8+,16-13+. The number of ether oxygens (including phenoxy) is 1. The van der Waals surface area contributed by atoms with Crippen molar-refractivity contribution in [2.24, 2.45) is 5.16 Å². The Labute approximate surface area is 115 Å². The van der Waals surface area contributed by atoms with E-state index in [1.165, 1.54) is 24.3 Å². The fourth-order valence-electron chi connectivity index (χ4n) is 1.29. The van der Waals surface area contributed by atoms with Crippen LogP contribution in [0.15, 0.2) is 41.6 Å². The monoisotopic (exact) mass is 279 g/mol. The minimum atomic E-state index is -0.650. The lowest BCUT2D eigenvalue weighted by atomic mass is 10.1. The summed E-state index contributed by atoms with van der Waals surface area (Å²) >= 11 is 0. The number of hydrogen-bond donors (Lipinski definition) is 0. The van der Waals surface area contributed by atoms with Crippen molar-refractivity contribution in [1.29, 1.82) is 0 Å². The highest BCUT2D eigenvalue weighted by Gasteiger charge is 2.08. The topological polar surface area (TPSA) is 65.0 Å². The van der Waals surface area contributed by atoms with Gasteiger partial charge in [0.05, 0.1) is 6.61 Å². The van der Waals surface area contributed by atoms with Crippen LogP contribution in [0.5, 0.6) is 0 Å². The second-order valence-electron chi connectivity index (χ2n) is 3.62. The van der Waals surface area contributed by atoms with Crippen molar-refractivity contribution in [3.05, 3.63) is 47.8 Å². The summed E-state index contributed by atoms with van der Waals surface area (Å²) in [5.74, 6) is -1.80. The molecule has 6 heteroatoms. The van der Waals surface area contributed by atoms with E-state index in [2.05, 4.69) is 9.99 Å². The Morgan fingerprint density at radius 2 is 2.00 bits per heavy atom. The van der Waals surface area contributed by atoms with Crippen molar-refractivity contribution >= 4 is 17.7 Å². The molecular weight excluding hydrogens is 265 g/mol. The number of carbonyl (C=O) groups excluding carboxylic acids is 2. The zero-order valence-corrected chi connectivity index (χ0v) is 11.1. The van der Waals surface area contributed by atoms with E-state index >= 15 is 0 Å². The smallest absolute Gasteiger partial charge is 0.332 e. The molecule has 0 saturated heterocycles. The largest absolute Gasteiger partial charge is 0.463 e. The molecule has 0 spiro atoms. The van der Waals surface area contributed by atoms with Gasteiger partial charge in [0.25, 0.3) is 0 Å². The van der Waals surface area contributed by atoms with Gasteiger partial charge in [0.1, 0.15) is 11.5 Å². The number of carbonyl (C=O) groups is 2. The summed E-state index contributed by atoms with van der Waals surface area (Å²) < 4.78 is 18.4. The summed E-state index contributed by atoms with van der Waals surface area (Å²) in [6.07, 6.45) is 2.30. The van der Waals surface area contributed by atoms with Gasteiger partial charge in [0.15, 0.2) is 0 Å². The van der Waals surface area contributed by atoms with E-state index in [1.54, 1.807) is 13.0 Å². The maximum Gasteiger partial charge on any atom is 0.332 e. The molecule has 5 nitrogen and oxygen atoms in total. The highest BCUT2D eigenvalue weighted by Crippen LogP contribution is 2.09. The fourth-order valence-corrected chi connectivity index (χ4v) is 1.29. The average molecular weight is 279 g/mol. The third kappa shape index (κ3) is 5.01. The molecule has 0 heterocycles. The molecule has 0 aliphatic rings. The maximum absolute atomic E-state index is 13.7. The van der Waals surface area contributed by atoms with Crippen molar-refractivity contribution in [3.8, 4) is 0 Å². The van der Waals surface area contributed by atoms with Crippen LogP contribution >= 0.6 is 0 Å². The van der Waals surface area contributed by atoms with Crippen LogP contribution in [0.4, 0.5) is 4.39 Å². The van der Waals surface area contributed by atoms with Crippen LogP contribution in [-0.4, -0.2) is 24.3 Å². The van der Waals surface area contributed by atoms with Crippen LogP contribution in [0, 0.1) is 5.82 Å². The number of oxime groups is 1. The molecule has 0 bridgehead atoms. The minimum Gasteiger partial charge on any atom is -0.463 e. The van der Waals surface area contributed by atoms with E-state index < -0.39 is 17.8 Å². The molecular formula is C14H14FNO4. The maximum atomic E-state index is 13.7. The lowest BCUT2D eigenvalue weighted by Gasteiger charge is -2.02. The number of benzene rings is 1. The van der Waals surface area contributed by atoms with Crippen molar-refractivity contribution in [2.45, 2.75) is 13.8 Å². The fraction of sp³-hybridized carbons (Fsp3) is 0.214. The second-order valence-corrected chi connectivity index (χ2v) is 3.62. The van der Waals surface area contributed by atoms with Crippen molar-refractivity contribution < 1.29 is 23.6 Å². The summed E-state index contributed by atoms with van der Waals surface area (Å²) in [5.41, 5.74) is 0.112. The van der Waals surface area contributed by atoms with Gasteiger partial charge >= 0.3 is 11.9 Å². The molecule has 0 radical (unpaired) electrons. The van der Waals surface area contributed by atoms with E-state index in [1.807, 2.05) is 0 Å². The van der Waals surface area contributed by atoms with Gasteiger partial charge in [-0.3, -0.25) is 0 Å². The molecule has 0 N–H and O–H groups in total. The zero-order chi connectivity index (χ0) is 15.0. The van der Waals surface area contributed by atoms with E-state index in [-0.39, 0.29) is 17.9 Å². The number of esters is 1. The molecule has 1 aromatic carbocycles. The number of rotatable bonds is 5. The first-order valence-electron chi connectivity index (χ1n) is 5.90. The van der Waals surface area contributed by atoms with Gasteiger partial charge in [0, 0.05) is 18.6 Å². The van der Waals surface area contributed by atoms with Gasteiger partial charge in [-0.05, 0) is 25.1 Å². The predicted octanol–water partition coefficient (Wildman–Crippen LogP) is 2.21. The first-order valence-corrected chi connectivity index (χ1v) is 5.90. The Balaban J connectivity index is 3.04. The molecule has 106 valence electrons. The number of halogens is 1. The lowest BCUT2D eigenvalue weighted by molar-refractivity contribution is -0.141. The summed E-state index contributed by atoms with van der Waals surface area (Å²) in [5, 5.41) is 3.52. The van der Waals surface area contributed by atoms with Crippen LogP contribution in [0.25, 0.3) is 0 Å². The van der Waals surface area contributed by atoms with Gasteiger partial charge in [-0.2, -0.15) is 0 Å². The first kappa shape index (κ1) is 15.6. The highest BCUT2D eigenvalue weighted by atomic mass is 19.1. The van der Waals surface area contributed by atoms with Crippen LogP contribution in [0.2, 0.25) is 0 Å². The van der Waals surface area contributed by atoms with E-state index in [0.717, 1.165) is 13.0 Å². The molecule has 0 amide bonds. The van der Waals surface area contributed by atoms with Gasteiger partial charge < -0.3 is 9.57 Å². The third-order valence-electron chi connectivity index (χ3n) is 2.09. The van der Waals surface area contributed by atoms with Crippen molar-refractivity contribution in [3.63, 3.8) is 0 Å². The number of allylic oxidation sites excluding steroid dienone is 1. The molecule has 0 saturated carbocycles. The number of nitrogens with zero attached hydrogens (tertiary/aromatic N) is 1. The Hall–Kier alpha value is -2.50. The van der Waals surface area contributed by atoms with Crippen LogP contribution in [0.1, 0.15) is 19.4 Å². The van der Waals surface area contributed by atoms with E-state index in [9.17, 15) is 14.0 Å². The van der Waals surface area contributed by atoms with Gasteiger partial charge in [-0.15, -0.1) is 0 Å². The SMILES string of the molecule is CCOC(=O)/C=C/C(=N\OC(C)=O)c1ccccc1F. The quantitative estimate of drug-likeness (QED) is 0.272. The number of hydrogen-bond acceptors (Lipinski definition) is 5. The molecule has 0 aliphatic heterocycles. The normalized spacial score (nSPS) is 11.4. The molecule has 0 aliphatic carbocycles. The summed E-state index contributed by atoms with van der Waals surface area (Å²) in [6, 6.07) is 5.79. The second kappa shape index (κ2) is 7.83. The zero-order valence-electron chi connectivity index (χ0n) is 11.1. The Bertz CT molecular complexity index is 552. The van der Waals surface area contributed by atoms with Crippen molar-refractivity contribution in [2.75, 3.05) is 6.61 Å². The Morgan fingerprint density at radius 1 is 1.30 bits per heavy atom. The average Bonchev–Trinajstić information content (AvgIpc) is 2.40. The molecule has 0 unspecified atom stereocenters. The minimum absolute atomic E-state index is 0.00588. The molecule has 1 rings (SSSR count). The Kier molecular flexibility index (Phi) is 6.09. The highest BCUT2D eigenvalue weighted by molar-refractivity contribution is 6.10. The molecule has 0 atom stereocenters. The van der Waals surface area contributed by atoms with Gasteiger partial charge in [-0.1, -0.05) is 17.3 Å². The summed E-state index contributed by atoms with van der Waals surface area (Å²) in [4.78, 5) is 26.5. The van der Waals surface area contributed by atoms with Crippen LogP contribution in [-0.2, 0) is 19.2 Å². The molecule has 0 fully saturated rings. The van der Waals surface area contributed by atoms with Gasteiger partial charge in [-0.25, -0.2) is 14.0 Å². The third-order valence-corrected chi connectivity index (χ3v) is 2.09. The molecule has 1 aromatic rings. The van der Waals surface area contributed by atoms with Crippen LogP contribution < -0.4 is 0 Å². The van der Waals surface area contributed by atoms with Gasteiger partial charge in [0.2, 0.25) is 0 Å². The lowest BCUT2D eigenvalue weighted by Crippen LogP contribution is -2.06. The summed E-state index contributed by atoms with van der Waals surface area (Å²) in [7, 11) is 0.